The molecule has 2 atom stereocenters. The molecular formula is C13H25N3OS. The van der Waals surface area contributed by atoms with Crippen LogP contribution in [-0.4, -0.2) is 54.2 Å². The maximum atomic E-state index is 6.14. The van der Waals surface area contributed by atoms with Crippen LogP contribution in [0.1, 0.15) is 27.2 Å². The summed E-state index contributed by atoms with van der Waals surface area (Å²) in [5.41, 5.74) is 6.12. The molecule has 0 aromatic heterocycles. The van der Waals surface area contributed by atoms with E-state index in [1.165, 1.54) is 0 Å². The largest absolute Gasteiger partial charge is 0.378 e. The highest BCUT2D eigenvalue weighted by Crippen LogP contribution is 2.53. The highest BCUT2D eigenvalue weighted by molar-refractivity contribution is 7.99. The number of aliphatic imine (C=N–C) groups is 1. The van der Waals surface area contributed by atoms with Gasteiger partial charge in [-0.1, -0.05) is 13.8 Å². The molecule has 2 fully saturated rings. The van der Waals surface area contributed by atoms with Crippen LogP contribution in [-0.2, 0) is 4.74 Å². The van der Waals surface area contributed by atoms with Gasteiger partial charge in [-0.25, -0.2) is 4.99 Å². The van der Waals surface area contributed by atoms with Gasteiger partial charge in [-0.3, -0.25) is 0 Å². The van der Waals surface area contributed by atoms with E-state index in [1.54, 1.807) is 7.11 Å². The van der Waals surface area contributed by atoms with Gasteiger partial charge in [-0.2, -0.15) is 11.8 Å². The number of hydrogen-bond acceptors (Lipinski definition) is 3. The highest BCUT2D eigenvalue weighted by atomic mass is 32.2. The molecule has 0 spiro atoms. The fraction of sp³-hybridized carbons (Fsp3) is 0.923. The van der Waals surface area contributed by atoms with Crippen LogP contribution in [0.4, 0.5) is 0 Å². The molecule has 0 amide bonds. The lowest BCUT2D eigenvalue weighted by atomic mass is 9.56. The Morgan fingerprint density at radius 2 is 1.94 bits per heavy atom. The van der Waals surface area contributed by atoms with Crippen LogP contribution in [0.5, 0.6) is 0 Å². The summed E-state index contributed by atoms with van der Waals surface area (Å²) >= 11 is 1.99. The van der Waals surface area contributed by atoms with E-state index < -0.39 is 0 Å². The Balaban J connectivity index is 2.01. The van der Waals surface area contributed by atoms with Gasteiger partial charge in [0.15, 0.2) is 5.96 Å². The van der Waals surface area contributed by atoms with Crippen LogP contribution < -0.4 is 5.73 Å². The standard InChI is InChI=1S/C13H25N3OS/c1-12(2)10(9-13(12,3)17-4)15-11(14)16-5-7-18-8-6-16/h10H,5-9H2,1-4H3,(H2,14,15). The molecule has 1 heterocycles. The Morgan fingerprint density at radius 3 is 2.44 bits per heavy atom. The van der Waals surface area contributed by atoms with Gasteiger partial charge < -0.3 is 15.4 Å². The Bertz CT molecular complexity index is 339. The third kappa shape index (κ3) is 2.23. The lowest BCUT2D eigenvalue weighted by Crippen LogP contribution is -2.63. The van der Waals surface area contributed by atoms with E-state index in [9.17, 15) is 0 Å². The van der Waals surface area contributed by atoms with E-state index in [2.05, 4.69) is 25.7 Å². The van der Waals surface area contributed by atoms with E-state index in [1.807, 2.05) is 11.8 Å². The second-order valence-electron chi connectivity index (χ2n) is 5.96. The summed E-state index contributed by atoms with van der Waals surface area (Å²) in [6, 6.07) is 0.275. The van der Waals surface area contributed by atoms with Gasteiger partial charge in [0.05, 0.1) is 11.6 Å². The van der Waals surface area contributed by atoms with Gasteiger partial charge in [0.2, 0.25) is 0 Å². The lowest BCUT2D eigenvalue weighted by Gasteiger charge is -2.57. The normalized spacial score (nSPS) is 36.3. The SMILES string of the molecule is COC1(C)CC(N=C(N)N2CCSCC2)C1(C)C. The Kier molecular flexibility index (Phi) is 3.83. The van der Waals surface area contributed by atoms with Crippen molar-refractivity contribution < 1.29 is 4.74 Å². The van der Waals surface area contributed by atoms with E-state index in [0.29, 0.717) is 5.96 Å². The van der Waals surface area contributed by atoms with Crippen LogP contribution in [0.3, 0.4) is 0 Å². The maximum Gasteiger partial charge on any atom is 0.191 e. The number of ether oxygens (including phenoxy) is 1. The number of thioether (sulfide) groups is 1. The zero-order valence-corrected chi connectivity index (χ0v) is 12.7. The molecule has 2 aliphatic rings. The zero-order valence-electron chi connectivity index (χ0n) is 11.9. The lowest BCUT2D eigenvalue weighted by molar-refractivity contribution is -0.171. The molecule has 2 unspecified atom stereocenters. The molecule has 5 heteroatoms. The molecule has 1 aliphatic heterocycles. The summed E-state index contributed by atoms with van der Waals surface area (Å²) in [6.07, 6.45) is 0.958. The first kappa shape index (κ1) is 14.0. The molecule has 0 radical (unpaired) electrons. The predicted octanol–water partition coefficient (Wildman–Crippen LogP) is 1.55. The number of hydrogen-bond donors (Lipinski definition) is 1. The van der Waals surface area contributed by atoms with E-state index in [0.717, 1.165) is 31.0 Å². The zero-order chi connectivity index (χ0) is 13.4. The summed E-state index contributed by atoms with van der Waals surface area (Å²) in [6.45, 7) is 8.64. The molecule has 2 rings (SSSR count). The monoisotopic (exact) mass is 271 g/mol. The van der Waals surface area contributed by atoms with Crippen LogP contribution >= 0.6 is 11.8 Å². The van der Waals surface area contributed by atoms with Crippen LogP contribution in [0.25, 0.3) is 0 Å². The summed E-state index contributed by atoms with van der Waals surface area (Å²) < 4.78 is 5.62. The van der Waals surface area contributed by atoms with Crippen molar-refractivity contribution in [2.45, 2.75) is 38.8 Å². The minimum atomic E-state index is -0.0702. The molecule has 1 aliphatic carbocycles. The second kappa shape index (κ2) is 4.93. The third-order valence-electron chi connectivity index (χ3n) is 4.85. The van der Waals surface area contributed by atoms with Gasteiger partial charge in [0.1, 0.15) is 0 Å². The van der Waals surface area contributed by atoms with Crippen molar-refractivity contribution in [2.24, 2.45) is 16.1 Å². The molecule has 1 saturated carbocycles. The average molecular weight is 271 g/mol. The minimum absolute atomic E-state index is 0.0525. The van der Waals surface area contributed by atoms with Crippen molar-refractivity contribution in [1.82, 2.24) is 4.90 Å². The van der Waals surface area contributed by atoms with Gasteiger partial charge in [0.25, 0.3) is 0 Å². The number of nitrogens with two attached hydrogens (primary N) is 1. The molecule has 1 saturated heterocycles. The van der Waals surface area contributed by atoms with Crippen molar-refractivity contribution in [2.75, 3.05) is 31.7 Å². The summed E-state index contributed by atoms with van der Waals surface area (Å²) in [5.74, 6) is 3.02. The molecule has 4 nitrogen and oxygen atoms in total. The van der Waals surface area contributed by atoms with Crippen molar-refractivity contribution in [1.29, 1.82) is 0 Å². The molecule has 0 aromatic rings. The number of guanidine groups is 1. The van der Waals surface area contributed by atoms with Crippen LogP contribution in [0.15, 0.2) is 4.99 Å². The Hall–Kier alpha value is -0.420. The fourth-order valence-electron chi connectivity index (χ4n) is 2.70. The molecule has 18 heavy (non-hydrogen) atoms. The molecule has 104 valence electrons. The van der Waals surface area contributed by atoms with Gasteiger partial charge in [-0.15, -0.1) is 0 Å². The van der Waals surface area contributed by atoms with E-state index in [4.69, 9.17) is 15.5 Å². The van der Waals surface area contributed by atoms with Crippen LogP contribution in [0, 0.1) is 5.41 Å². The summed E-state index contributed by atoms with van der Waals surface area (Å²) in [7, 11) is 1.78. The average Bonchev–Trinajstić information content (AvgIpc) is 2.38. The first-order valence-electron chi connectivity index (χ1n) is 6.62. The van der Waals surface area contributed by atoms with Crippen molar-refractivity contribution in [3.05, 3.63) is 0 Å². The quantitative estimate of drug-likeness (QED) is 0.611. The minimum Gasteiger partial charge on any atom is -0.378 e. The van der Waals surface area contributed by atoms with Gasteiger partial charge >= 0.3 is 0 Å². The van der Waals surface area contributed by atoms with E-state index in [-0.39, 0.29) is 17.1 Å². The summed E-state index contributed by atoms with van der Waals surface area (Å²) in [4.78, 5) is 6.94. The van der Waals surface area contributed by atoms with Crippen molar-refractivity contribution in [3.63, 3.8) is 0 Å². The third-order valence-corrected chi connectivity index (χ3v) is 5.80. The summed E-state index contributed by atoms with van der Waals surface area (Å²) in [5, 5.41) is 0. The predicted molar refractivity (Wildman–Crippen MR) is 78.1 cm³/mol. The fourth-order valence-corrected chi connectivity index (χ4v) is 3.60. The number of methoxy groups -OCH3 is 1. The van der Waals surface area contributed by atoms with Gasteiger partial charge in [0, 0.05) is 37.1 Å². The van der Waals surface area contributed by atoms with E-state index >= 15 is 0 Å². The Morgan fingerprint density at radius 1 is 1.33 bits per heavy atom. The topological polar surface area (TPSA) is 50.9 Å². The first-order valence-corrected chi connectivity index (χ1v) is 7.77. The molecule has 2 N–H and O–H groups in total. The highest BCUT2D eigenvalue weighted by Gasteiger charge is 2.58. The Labute approximate surface area is 114 Å². The molecule has 0 bridgehead atoms. The molecular weight excluding hydrogens is 246 g/mol. The smallest absolute Gasteiger partial charge is 0.191 e. The van der Waals surface area contributed by atoms with Crippen molar-refractivity contribution >= 4 is 17.7 Å². The molecule has 0 aromatic carbocycles. The maximum absolute atomic E-state index is 6.14. The number of rotatable bonds is 2. The van der Waals surface area contributed by atoms with Gasteiger partial charge in [-0.05, 0) is 13.3 Å². The number of nitrogens with zero attached hydrogens (tertiary/aromatic N) is 2. The second-order valence-corrected chi connectivity index (χ2v) is 7.19. The van der Waals surface area contributed by atoms with Crippen molar-refractivity contribution in [3.8, 4) is 0 Å². The van der Waals surface area contributed by atoms with Crippen LogP contribution in [0.2, 0.25) is 0 Å². The first-order chi connectivity index (χ1) is 8.40.